The number of aromatic amines is 1. The van der Waals surface area contributed by atoms with Crippen molar-refractivity contribution < 1.29 is 27.4 Å². The van der Waals surface area contributed by atoms with Gasteiger partial charge < -0.3 is 14.2 Å². The lowest BCUT2D eigenvalue weighted by Crippen LogP contribution is -2.14. The van der Waals surface area contributed by atoms with Gasteiger partial charge in [-0.3, -0.25) is 0 Å². The smallest absolute Gasteiger partial charge is 0.416 e. The summed E-state index contributed by atoms with van der Waals surface area (Å²) in [6.07, 6.45) is -4.62. The minimum atomic E-state index is -4.62. The first-order valence-electron chi connectivity index (χ1n) is 8.53. The van der Waals surface area contributed by atoms with Crippen LogP contribution in [0.2, 0.25) is 5.02 Å². The van der Waals surface area contributed by atoms with Gasteiger partial charge in [0.25, 0.3) is 0 Å². The summed E-state index contributed by atoms with van der Waals surface area (Å²) < 4.78 is 56.5. The number of nitriles is 1. The molecule has 30 heavy (non-hydrogen) atoms. The Morgan fingerprint density at radius 1 is 1.20 bits per heavy atom. The van der Waals surface area contributed by atoms with Crippen molar-refractivity contribution in [1.29, 1.82) is 5.26 Å². The zero-order chi connectivity index (χ0) is 21.3. The van der Waals surface area contributed by atoms with Crippen LogP contribution in [0.1, 0.15) is 22.4 Å². The molecule has 0 unspecified atom stereocenters. The Morgan fingerprint density at radius 3 is 2.80 bits per heavy atom. The normalized spacial score (nSPS) is 13.3. The number of hydrogen-bond acceptors (Lipinski definition) is 6. The van der Waals surface area contributed by atoms with Gasteiger partial charge in [0, 0.05) is 21.7 Å². The second-order valence-corrected chi connectivity index (χ2v) is 6.77. The number of hydrogen-bond donors (Lipinski definition) is 1. The first kappa shape index (κ1) is 20.0. The summed E-state index contributed by atoms with van der Waals surface area (Å²) in [5.74, 6) is 0.466. The molecule has 0 fully saturated rings. The topological polar surface area (TPSA) is 93.1 Å². The van der Waals surface area contributed by atoms with E-state index in [1.54, 1.807) is 18.2 Å². The van der Waals surface area contributed by atoms with Crippen molar-refractivity contribution in [2.24, 2.45) is 0 Å². The molecule has 0 bridgehead atoms. The van der Waals surface area contributed by atoms with E-state index in [1.165, 1.54) is 6.07 Å². The second kappa shape index (κ2) is 7.85. The quantitative estimate of drug-likeness (QED) is 0.649. The van der Waals surface area contributed by atoms with Gasteiger partial charge in [0.2, 0.25) is 0 Å². The summed E-state index contributed by atoms with van der Waals surface area (Å²) in [4.78, 5) is 0. The monoisotopic (exact) mass is 436 g/mol. The van der Waals surface area contributed by atoms with Crippen molar-refractivity contribution in [2.75, 3.05) is 6.79 Å². The highest BCUT2D eigenvalue weighted by Crippen LogP contribution is 2.37. The molecule has 1 aliphatic heterocycles. The second-order valence-electron chi connectivity index (χ2n) is 6.33. The first-order chi connectivity index (χ1) is 14.3. The van der Waals surface area contributed by atoms with Crippen LogP contribution >= 0.6 is 11.6 Å². The van der Waals surface area contributed by atoms with Gasteiger partial charge in [-0.05, 0) is 30.3 Å². The van der Waals surface area contributed by atoms with Crippen LogP contribution in [0.3, 0.4) is 0 Å². The molecular formula is C19H12ClF3N4O3. The summed E-state index contributed by atoms with van der Waals surface area (Å²) in [6.45, 7) is 0.270. The molecule has 1 aromatic heterocycles. The van der Waals surface area contributed by atoms with E-state index in [1.807, 2.05) is 0 Å². The van der Waals surface area contributed by atoms with E-state index >= 15 is 0 Å². The Kier molecular flexibility index (Phi) is 5.24. The SMILES string of the molecule is N#Cc1n[nH]nc1-c1cc(OCc2cc(Cl)cc3c2OCOC3)cc(C(F)(F)F)c1. The van der Waals surface area contributed by atoms with Crippen LogP contribution in [0.25, 0.3) is 11.3 Å². The molecule has 3 aromatic rings. The largest absolute Gasteiger partial charge is 0.489 e. The maximum absolute atomic E-state index is 13.4. The fourth-order valence-corrected chi connectivity index (χ4v) is 3.28. The molecule has 1 aliphatic rings. The summed E-state index contributed by atoms with van der Waals surface area (Å²) >= 11 is 6.11. The van der Waals surface area contributed by atoms with E-state index < -0.39 is 11.7 Å². The van der Waals surface area contributed by atoms with E-state index in [4.69, 9.17) is 31.1 Å². The Balaban J connectivity index is 1.69. The Morgan fingerprint density at radius 2 is 2.03 bits per heavy atom. The molecule has 11 heteroatoms. The van der Waals surface area contributed by atoms with Crippen molar-refractivity contribution in [2.45, 2.75) is 19.4 Å². The van der Waals surface area contributed by atoms with E-state index in [0.29, 0.717) is 22.9 Å². The molecule has 7 nitrogen and oxygen atoms in total. The third kappa shape index (κ3) is 4.03. The van der Waals surface area contributed by atoms with Crippen molar-refractivity contribution in [1.82, 2.24) is 15.4 Å². The first-order valence-corrected chi connectivity index (χ1v) is 8.91. The molecule has 4 rings (SSSR count). The Bertz CT molecular complexity index is 1140. The fourth-order valence-electron chi connectivity index (χ4n) is 3.02. The van der Waals surface area contributed by atoms with Crippen molar-refractivity contribution in [3.8, 4) is 28.8 Å². The predicted molar refractivity (Wildman–Crippen MR) is 97.6 cm³/mol. The zero-order valence-corrected chi connectivity index (χ0v) is 15.8. The number of alkyl halides is 3. The number of rotatable bonds is 4. The number of fused-ring (bicyclic) bond motifs is 1. The van der Waals surface area contributed by atoms with Crippen LogP contribution in [0, 0.1) is 11.3 Å². The number of aromatic nitrogens is 3. The lowest BCUT2D eigenvalue weighted by Gasteiger charge is -2.21. The van der Waals surface area contributed by atoms with E-state index in [0.717, 1.165) is 17.7 Å². The lowest BCUT2D eigenvalue weighted by atomic mass is 10.1. The van der Waals surface area contributed by atoms with Gasteiger partial charge in [-0.15, -0.1) is 5.10 Å². The van der Waals surface area contributed by atoms with Crippen molar-refractivity contribution in [3.63, 3.8) is 0 Å². The molecule has 0 amide bonds. The highest BCUT2D eigenvalue weighted by molar-refractivity contribution is 6.30. The molecule has 154 valence electrons. The van der Waals surface area contributed by atoms with Crippen LogP contribution in [0.5, 0.6) is 11.5 Å². The molecule has 2 aromatic carbocycles. The molecular weight excluding hydrogens is 425 g/mol. The minimum Gasteiger partial charge on any atom is -0.489 e. The summed E-state index contributed by atoms with van der Waals surface area (Å²) in [6, 6.07) is 8.20. The molecule has 0 saturated carbocycles. The summed E-state index contributed by atoms with van der Waals surface area (Å²) in [7, 11) is 0. The maximum Gasteiger partial charge on any atom is 0.416 e. The fraction of sp³-hybridized carbons (Fsp3) is 0.211. The highest BCUT2D eigenvalue weighted by atomic mass is 35.5. The number of benzene rings is 2. The minimum absolute atomic E-state index is 0.00549. The van der Waals surface area contributed by atoms with Crippen LogP contribution in [0.15, 0.2) is 30.3 Å². The predicted octanol–water partition coefficient (Wildman–Crippen LogP) is 4.46. The number of ether oxygens (including phenoxy) is 3. The Labute approximate surface area is 172 Å². The van der Waals surface area contributed by atoms with Gasteiger partial charge in [-0.25, -0.2) is 0 Å². The van der Waals surface area contributed by atoms with Gasteiger partial charge >= 0.3 is 6.18 Å². The van der Waals surface area contributed by atoms with Crippen LogP contribution < -0.4 is 9.47 Å². The van der Waals surface area contributed by atoms with Gasteiger partial charge in [-0.2, -0.15) is 28.7 Å². The van der Waals surface area contributed by atoms with Crippen LogP contribution in [0.4, 0.5) is 13.2 Å². The highest BCUT2D eigenvalue weighted by Gasteiger charge is 2.32. The van der Waals surface area contributed by atoms with E-state index in [9.17, 15) is 13.2 Å². The molecule has 0 atom stereocenters. The molecule has 0 radical (unpaired) electrons. The molecule has 2 heterocycles. The average Bonchev–Trinajstić information content (AvgIpc) is 3.20. The standard InChI is InChI=1S/C19H12ClF3N4O3/c20-14-2-11-7-28-9-30-18(11)12(3-14)8-29-15-4-10(1-13(5-15)19(21,22)23)17-16(6-24)25-27-26-17/h1-5H,7-9H2,(H,25,26,27). The zero-order valence-electron chi connectivity index (χ0n) is 15.1. The van der Waals surface area contributed by atoms with Crippen LogP contribution in [-0.4, -0.2) is 22.2 Å². The number of H-pyrrole nitrogens is 1. The van der Waals surface area contributed by atoms with Crippen LogP contribution in [-0.2, 0) is 24.1 Å². The number of nitrogens with zero attached hydrogens (tertiary/aromatic N) is 3. The summed E-state index contributed by atoms with van der Waals surface area (Å²) in [5.41, 5.74) is 0.256. The van der Waals surface area contributed by atoms with Crippen molar-refractivity contribution >= 4 is 11.6 Å². The number of halogens is 4. The van der Waals surface area contributed by atoms with E-state index in [-0.39, 0.29) is 36.1 Å². The molecule has 0 aliphatic carbocycles. The third-order valence-corrected chi connectivity index (χ3v) is 4.53. The third-order valence-electron chi connectivity index (χ3n) is 4.31. The van der Waals surface area contributed by atoms with Gasteiger partial charge in [0.05, 0.1) is 12.2 Å². The van der Waals surface area contributed by atoms with Gasteiger partial charge in [0.15, 0.2) is 12.5 Å². The summed E-state index contributed by atoms with van der Waals surface area (Å²) in [5, 5.41) is 19.2. The van der Waals surface area contributed by atoms with Gasteiger partial charge in [-0.1, -0.05) is 11.6 Å². The van der Waals surface area contributed by atoms with Gasteiger partial charge in [0.1, 0.15) is 29.9 Å². The maximum atomic E-state index is 13.4. The molecule has 1 N–H and O–H groups in total. The lowest BCUT2D eigenvalue weighted by molar-refractivity contribution is -0.137. The Hall–Kier alpha value is -3.29. The number of nitrogens with one attached hydrogen (secondary N) is 1. The average molecular weight is 437 g/mol. The molecule has 0 saturated heterocycles. The van der Waals surface area contributed by atoms with E-state index in [2.05, 4.69) is 15.4 Å². The van der Waals surface area contributed by atoms with Crippen molar-refractivity contribution in [3.05, 3.63) is 57.7 Å². The molecule has 0 spiro atoms.